The molecule has 0 bridgehead atoms. The zero-order chi connectivity index (χ0) is 24.5. The number of thioether (sulfide) groups is 1. The van der Waals surface area contributed by atoms with Crippen molar-refractivity contribution in [3.63, 3.8) is 0 Å². The number of aliphatic hydroxyl groups is 1. The highest BCUT2D eigenvalue weighted by molar-refractivity contribution is 8.01. The first-order valence-corrected chi connectivity index (χ1v) is 13.0. The fraction of sp³-hybridized carbons (Fsp3) is 0.538. The van der Waals surface area contributed by atoms with E-state index in [1.54, 1.807) is 0 Å². The van der Waals surface area contributed by atoms with Gasteiger partial charge in [-0.3, -0.25) is 9.59 Å². The Labute approximate surface area is 206 Å². The van der Waals surface area contributed by atoms with Gasteiger partial charge >= 0.3 is 5.97 Å². The molecular weight excluding hydrogens is 452 g/mol. The molecule has 0 saturated carbocycles. The number of ether oxygens (including phenoxy) is 2. The number of likely N-dealkylation sites (N-methyl/N-ethyl adjacent to an activating group) is 1. The average Bonchev–Trinajstić information content (AvgIpc) is 3.14. The molecule has 2 aliphatic heterocycles. The number of hydrogen-bond donors (Lipinski definition) is 2. The monoisotopic (exact) mass is 488 g/mol. The number of rotatable bonds is 12. The highest BCUT2D eigenvalue weighted by Gasteiger charge is 2.31. The molecule has 3 rings (SSSR count). The zero-order valence-corrected chi connectivity index (χ0v) is 21.1. The first kappa shape index (κ1) is 26.2. The number of esters is 1. The van der Waals surface area contributed by atoms with Crippen LogP contribution in [0.3, 0.4) is 0 Å². The Bertz CT molecular complexity index is 899. The molecule has 2 aliphatic rings. The molecule has 0 aromatic heterocycles. The molecule has 2 unspecified atom stereocenters. The smallest absolute Gasteiger partial charge is 0.306 e. The molecule has 1 fully saturated rings. The molecule has 186 valence electrons. The van der Waals surface area contributed by atoms with Crippen molar-refractivity contribution in [3.8, 4) is 5.75 Å². The number of carbonyl (C=O) groups is 2. The second kappa shape index (κ2) is 12.9. The van der Waals surface area contributed by atoms with Crippen LogP contribution in [-0.4, -0.2) is 59.0 Å². The lowest BCUT2D eigenvalue weighted by atomic mass is 10.0. The van der Waals surface area contributed by atoms with Gasteiger partial charge in [-0.15, -0.1) is 0 Å². The van der Waals surface area contributed by atoms with Crippen LogP contribution in [0.2, 0.25) is 0 Å². The minimum absolute atomic E-state index is 0.146. The molecule has 0 aliphatic carbocycles. The van der Waals surface area contributed by atoms with Gasteiger partial charge in [0.1, 0.15) is 12.4 Å². The maximum Gasteiger partial charge on any atom is 0.306 e. The van der Waals surface area contributed by atoms with Gasteiger partial charge in [0.15, 0.2) is 11.7 Å². The molecule has 0 radical (unpaired) electrons. The van der Waals surface area contributed by atoms with Crippen LogP contribution in [0, 0.1) is 0 Å². The van der Waals surface area contributed by atoms with E-state index in [1.807, 2.05) is 37.4 Å². The van der Waals surface area contributed by atoms with Crippen LogP contribution >= 0.6 is 11.8 Å². The van der Waals surface area contributed by atoms with E-state index >= 15 is 0 Å². The first-order valence-electron chi connectivity index (χ1n) is 12.1. The Balaban J connectivity index is 1.61. The van der Waals surface area contributed by atoms with Crippen molar-refractivity contribution in [1.29, 1.82) is 0 Å². The lowest BCUT2D eigenvalue weighted by Gasteiger charge is -2.30. The fourth-order valence-corrected chi connectivity index (χ4v) is 5.00. The predicted octanol–water partition coefficient (Wildman–Crippen LogP) is 3.77. The third-order valence-corrected chi connectivity index (χ3v) is 7.12. The normalized spacial score (nSPS) is 20.9. The van der Waals surface area contributed by atoms with Crippen LogP contribution in [-0.2, 0) is 20.7 Å². The van der Waals surface area contributed by atoms with E-state index in [4.69, 9.17) is 9.47 Å². The third-order valence-electron chi connectivity index (χ3n) is 6.03. The summed E-state index contributed by atoms with van der Waals surface area (Å²) < 4.78 is 11.9. The molecule has 7 nitrogen and oxygen atoms in total. The second-order valence-electron chi connectivity index (χ2n) is 8.69. The van der Waals surface area contributed by atoms with Crippen LogP contribution in [0.25, 0.3) is 0 Å². The van der Waals surface area contributed by atoms with Crippen molar-refractivity contribution in [3.05, 3.63) is 53.3 Å². The van der Waals surface area contributed by atoms with Gasteiger partial charge in [-0.25, -0.2) is 0 Å². The van der Waals surface area contributed by atoms with Crippen molar-refractivity contribution >= 4 is 23.6 Å². The Morgan fingerprint density at radius 2 is 2.00 bits per heavy atom. The molecule has 2 N–H and O–H groups in total. The molecule has 34 heavy (non-hydrogen) atoms. The van der Waals surface area contributed by atoms with E-state index < -0.39 is 11.7 Å². The quantitative estimate of drug-likeness (QED) is 0.342. The predicted molar refractivity (Wildman–Crippen MR) is 134 cm³/mol. The second-order valence-corrected chi connectivity index (χ2v) is 9.98. The lowest BCUT2D eigenvalue weighted by Crippen LogP contribution is -2.34. The number of nitrogens with one attached hydrogen (secondary N) is 1. The minimum atomic E-state index is -0.835. The van der Waals surface area contributed by atoms with Crippen LogP contribution in [0.4, 0.5) is 0 Å². The van der Waals surface area contributed by atoms with Crippen LogP contribution in [0.15, 0.2) is 47.7 Å². The fourth-order valence-electron chi connectivity index (χ4n) is 4.02. The number of benzene rings is 1. The number of amides is 1. The Kier molecular flexibility index (Phi) is 9.89. The van der Waals surface area contributed by atoms with E-state index in [-0.39, 0.29) is 23.7 Å². The highest BCUT2D eigenvalue weighted by atomic mass is 32.2. The molecule has 2 heterocycles. The number of allylic oxidation sites excluding steroid dienone is 3. The van der Waals surface area contributed by atoms with Crippen molar-refractivity contribution in [1.82, 2.24) is 10.2 Å². The van der Waals surface area contributed by atoms with E-state index in [9.17, 15) is 14.7 Å². The van der Waals surface area contributed by atoms with Crippen LogP contribution < -0.4 is 10.1 Å². The largest absolute Gasteiger partial charge is 0.489 e. The molecule has 1 aromatic carbocycles. The van der Waals surface area contributed by atoms with E-state index in [1.165, 1.54) is 17.5 Å². The number of hydrogen-bond acceptors (Lipinski definition) is 7. The van der Waals surface area contributed by atoms with Gasteiger partial charge in [-0.2, -0.15) is 0 Å². The summed E-state index contributed by atoms with van der Waals surface area (Å²) in [7, 11) is 2.05. The van der Waals surface area contributed by atoms with Gasteiger partial charge < -0.3 is 24.8 Å². The summed E-state index contributed by atoms with van der Waals surface area (Å²) >= 11 is 1.22. The first-order chi connectivity index (χ1) is 16.4. The number of unbranched alkanes of at least 4 members (excludes halogenated alkanes) is 2. The highest BCUT2D eigenvalue weighted by Crippen LogP contribution is 2.26. The topological polar surface area (TPSA) is 88.1 Å². The molecule has 0 spiro atoms. The molecule has 3 atom stereocenters. The van der Waals surface area contributed by atoms with Gasteiger partial charge in [-0.1, -0.05) is 56.7 Å². The van der Waals surface area contributed by atoms with Gasteiger partial charge in [-0.05, 0) is 48.6 Å². The SMILES string of the molecule is CCCCCC(=O)O[C@@H](COc1ccc(CC2SC(O)NC2=O)cc1)C1=CC=C(CC)N(C)C1. The molecule has 8 heteroatoms. The molecule has 1 saturated heterocycles. The van der Waals surface area contributed by atoms with Crippen molar-refractivity contribution in [2.45, 2.75) is 69.3 Å². The Hall–Kier alpha value is -2.45. The number of aliphatic hydroxyl groups excluding tert-OH is 1. The van der Waals surface area contributed by atoms with Gasteiger partial charge in [0.05, 0.1) is 5.25 Å². The summed E-state index contributed by atoms with van der Waals surface area (Å²) in [5.41, 5.74) is 2.41. The van der Waals surface area contributed by atoms with Crippen LogP contribution in [0.5, 0.6) is 5.75 Å². The zero-order valence-electron chi connectivity index (χ0n) is 20.3. The van der Waals surface area contributed by atoms with E-state index in [0.29, 0.717) is 25.1 Å². The van der Waals surface area contributed by atoms with Crippen molar-refractivity contribution in [2.75, 3.05) is 20.2 Å². The minimum Gasteiger partial charge on any atom is -0.489 e. The summed E-state index contributed by atoms with van der Waals surface area (Å²) in [6.45, 7) is 5.17. The third kappa shape index (κ3) is 7.53. The maximum absolute atomic E-state index is 12.5. The van der Waals surface area contributed by atoms with Gasteiger partial charge in [0, 0.05) is 25.7 Å². The standard InChI is InChI=1S/C26H36N2O5S/c1-4-6-7-8-24(29)33-22(19-11-12-20(5-2)28(3)16-19)17-32-21-13-9-18(10-14-21)15-23-25(30)27-26(31)34-23/h9-14,22-23,26,31H,4-8,15-17H2,1-3H3,(H,27,30)/t22-,23?,26?/m0/s1. The van der Waals surface area contributed by atoms with E-state index in [0.717, 1.165) is 36.8 Å². The van der Waals surface area contributed by atoms with Gasteiger partial charge in [0.2, 0.25) is 5.91 Å². The summed E-state index contributed by atoms with van der Waals surface area (Å²) in [6, 6.07) is 7.56. The number of nitrogens with zero attached hydrogens (tertiary/aromatic N) is 1. The molecular formula is C26H36N2O5S. The van der Waals surface area contributed by atoms with Gasteiger partial charge in [0.25, 0.3) is 0 Å². The van der Waals surface area contributed by atoms with Crippen molar-refractivity contribution < 1.29 is 24.2 Å². The summed E-state index contributed by atoms with van der Waals surface area (Å²) in [5.74, 6) is 0.335. The molecule has 1 aromatic rings. The summed E-state index contributed by atoms with van der Waals surface area (Å²) in [5, 5.41) is 11.8. The maximum atomic E-state index is 12.5. The average molecular weight is 489 g/mol. The number of carbonyl (C=O) groups excluding carboxylic acids is 2. The Morgan fingerprint density at radius 3 is 2.62 bits per heavy atom. The molecule has 1 amide bonds. The van der Waals surface area contributed by atoms with Crippen LogP contribution in [0.1, 0.15) is 51.5 Å². The van der Waals surface area contributed by atoms with Crippen molar-refractivity contribution in [2.24, 2.45) is 0 Å². The lowest BCUT2D eigenvalue weighted by molar-refractivity contribution is -0.148. The Morgan fingerprint density at radius 1 is 1.24 bits per heavy atom. The van der Waals surface area contributed by atoms with E-state index in [2.05, 4.69) is 30.1 Å². The summed E-state index contributed by atoms with van der Waals surface area (Å²) in [6.07, 6.45) is 8.48. The summed E-state index contributed by atoms with van der Waals surface area (Å²) in [4.78, 5) is 26.5.